The first-order valence-corrected chi connectivity index (χ1v) is 6.78. The molecule has 1 amide bonds. The fourth-order valence-electron chi connectivity index (χ4n) is 1.78. The lowest BCUT2D eigenvalue weighted by molar-refractivity contribution is -0.129. The van der Waals surface area contributed by atoms with E-state index in [2.05, 4.69) is 31.3 Å². The molecule has 3 heteroatoms. The molecule has 0 aliphatic heterocycles. The van der Waals surface area contributed by atoms with Gasteiger partial charge in [-0.05, 0) is 26.3 Å². The Morgan fingerprint density at radius 3 is 2.21 bits per heavy atom. The van der Waals surface area contributed by atoms with Crippen molar-refractivity contribution >= 4 is 5.91 Å². The van der Waals surface area contributed by atoms with E-state index in [0.717, 1.165) is 0 Å². The van der Waals surface area contributed by atoms with Crippen molar-refractivity contribution in [2.24, 2.45) is 11.1 Å². The van der Waals surface area contributed by atoms with Gasteiger partial charge in [-0.2, -0.15) is 0 Å². The molecule has 0 heterocycles. The van der Waals surface area contributed by atoms with Crippen molar-refractivity contribution in [3.05, 3.63) is 35.9 Å². The number of nitrogens with one attached hydrogen (secondary N) is 1. The molecule has 0 radical (unpaired) electrons. The third-order valence-corrected chi connectivity index (χ3v) is 4.07. The molecular weight excluding hydrogens is 236 g/mol. The van der Waals surface area contributed by atoms with Gasteiger partial charge in [0, 0.05) is 18.0 Å². The van der Waals surface area contributed by atoms with Crippen molar-refractivity contribution in [2.75, 3.05) is 6.54 Å². The molecule has 0 saturated heterocycles. The number of nitrogens with two attached hydrogens (primary N) is 1. The summed E-state index contributed by atoms with van der Waals surface area (Å²) in [4.78, 5) is 12.2. The first-order valence-electron chi connectivity index (χ1n) is 6.78. The highest BCUT2D eigenvalue weighted by Gasteiger charge is 2.33. The average Bonchev–Trinajstić information content (AvgIpc) is 2.39. The molecule has 0 spiro atoms. The summed E-state index contributed by atoms with van der Waals surface area (Å²) >= 11 is 0. The Morgan fingerprint density at radius 2 is 1.74 bits per heavy atom. The van der Waals surface area contributed by atoms with E-state index in [4.69, 9.17) is 5.73 Å². The quantitative estimate of drug-likeness (QED) is 0.856. The molecule has 106 valence electrons. The van der Waals surface area contributed by atoms with Gasteiger partial charge in [0.25, 0.3) is 0 Å². The Hall–Kier alpha value is -1.35. The zero-order valence-electron chi connectivity index (χ0n) is 12.7. The Morgan fingerprint density at radius 1 is 1.21 bits per heavy atom. The topological polar surface area (TPSA) is 55.1 Å². The lowest BCUT2D eigenvalue weighted by Gasteiger charge is -2.35. The summed E-state index contributed by atoms with van der Waals surface area (Å²) in [6.45, 7) is 10.4. The lowest BCUT2D eigenvalue weighted by Crippen LogP contribution is -2.51. The Bertz CT molecular complexity index is 424. The van der Waals surface area contributed by atoms with Crippen LogP contribution in [0.2, 0.25) is 0 Å². The number of hydrogen-bond acceptors (Lipinski definition) is 2. The summed E-state index contributed by atoms with van der Waals surface area (Å²) in [6.07, 6.45) is 0. The predicted molar refractivity (Wildman–Crippen MR) is 79.9 cm³/mol. The molecule has 0 saturated carbocycles. The molecule has 1 aromatic carbocycles. The highest BCUT2D eigenvalue weighted by Crippen LogP contribution is 2.27. The van der Waals surface area contributed by atoms with Crippen molar-refractivity contribution in [2.45, 2.75) is 46.1 Å². The number of carbonyl (C=O) groups is 1. The molecular formula is C16H26N2O. The van der Waals surface area contributed by atoms with Gasteiger partial charge < -0.3 is 11.1 Å². The first kappa shape index (κ1) is 15.7. The maximum atomic E-state index is 12.2. The van der Waals surface area contributed by atoms with Crippen molar-refractivity contribution < 1.29 is 4.79 Å². The minimum absolute atomic E-state index is 0.00602. The van der Waals surface area contributed by atoms with Gasteiger partial charge in [-0.25, -0.2) is 0 Å². The number of amides is 1. The smallest absolute Gasteiger partial charge is 0.227 e. The minimum Gasteiger partial charge on any atom is -0.352 e. The van der Waals surface area contributed by atoms with E-state index < -0.39 is 5.41 Å². The summed E-state index contributed by atoms with van der Waals surface area (Å²) < 4.78 is 0. The van der Waals surface area contributed by atoms with Crippen molar-refractivity contribution in [1.29, 1.82) is 0 Å². The zero-order chi connectivity index (χ0) is 14.7. The van der Waals surface area contributed by atoms with Gasteiger partial charge in [0.05, 0.1) is 5.41 Å². The Labute approximate surface area is 116 Å². The van der Waals surface area contributed by atoms with Crippen LogP contribution < -0.4 is 11.1 Å². The van der Waals surface area contributed by atoms with Crippen LogP contribution in [0.3, 0.4) is 0 Å². The van der Waals surface area contributed by atoms with Gasteiger partial charge in [-0.3, -0.25) is 4.79 Å². The maximum Gasteiger partial charge on any atom is 0.227 e. The standard InChI is InChI=1S/C16H26N2O/c1-12(18-14(19)15(2,3)11-17)16(4,5)13-9-7-6-8-10-13/h6-10,12H,11,17H2,1-5H3,(H,18,19). The molecule has 19 heavy (non-hydrogen) atoms. The minimum atomic E-state index is -0.527. The molecule has 3 nitrogen and oxygen atoms in total. The van der Waals surface area contributed by atoms with Crippen molar-refractivity contribution in [1.82, 2.24) is 5.32 Å². The van der Waals surface area contributed by atoms with Crippen LogP contribution in [0, 0.1) is 5.41 Å². The van der Waals surface area contributed by atoms with Gasteiger partial charge in [0.2, 0.25) is 5.91 Å². The Kier molecular flexibility index (Phi) is 4.75. The molecule has 0 bridgehead atoms. The lowest BCUT2D eigenvalue weighted by atomic mass is 9.78. The van der Waals surface area contributed by atoms with Gasteiger partial charge in [-0.15, -0.1) is 0 Å². The third-order valence-electron chi connectivity index (χ3n) is 4.07. The van der Waals surface area contributed by atoms with Crippen LogP contribution in [-0.4, -0.2) is 18.5 Å². The summed E-state index contributed by atoms with van der Waals surface area (Å²) in [5.41, 5.74) is 6.21. The normalized spacial score (nSPS) is 14.0. The van der Waals surface area contributed by atoms with E-state index >= 15 is 0 Å². The van der Waals surface area contributed by atoms with E-state index in [-0.39, 0.29) is 17.4 Å². The fourth-order valence-corrected chi connectivity index (χ4v) is 1.78. The molecule has 0 fully saturated rings. The van der Waals surface area contributed by atoms with Crippen LogP contribution in [-0.2, 0) is 10.2 Å². The fraction of sp³-hybridized carbons (Fsp3) is 0.562. The highest BCUT2D eigenvalue weighted by molar-refractivity contribution is 5.82. The van der Waals surface area contributed by atoms with Gasteiger partial charge >= 0.3 is 0 Å². The second-order valence-corrected chi connectivity index (χ2v) is 6.37. The Balaban J connectivity index is 2.83. The van der Waals surface area contributed by atoms with Crippen LogP contribution in [0.5, 0.6) is 0 Å². The van der Waals surface area contributed by atoms with Gasteiger partial charge in [0.1, 0.15) is 0 Å². The van der Waals surface area contributed by atoms with E-state index in [1.165, 1.54) is 5.56 Å². The van der Waals surface area contributed by atoms with Crippen LogP contribution in [0.4, 0.5) is 0 Å². The highest BCUT2D eigenvalue weighted by atomic mass is 16.2. The molecule has 0 aliphatic carbocycles. The van der Waals surface area contributed by atoms with Gasteiger partial charge in [0.15, 0.2) is 0 Å². The molecule has 1 unspecified atom stereocenters. The van der Waals surface area contributed by atoms with Crippen molar-refractivity contribution in [3.63, 3.8) is 0 Å². The maximum absolute atomic E-state index is 12.2. The van der Waals surface area contributed by atoms with Gasteiger partial charge in [-0.1, -0.05) is 44.2 Å². The summed E-state index contributed by atoms with van der Waals surface area (Å²) in [5.74, 6) is 0.00602. The molecule has 3 N–H and O–H groups in total. The molecule has 1 rings (SSSR count). The predicted octanol–water partition coefficient (Wildman–Crippen LogP) is 2.45. The van der Waals surface area contributed by atoms with Crippen LogP contribution >= 0.6 is 0 Å². The second-order valence-electron chi connectivity index (χ2n) is 6.37. The monoisotopic (exact) mass is 262 g/mol. The SMILES string of the molecule is CC(NC(=O)C(C)(C)CN)C(C)(C)c1ccccc1. The molecule has 0 aliphatic rings. The molecule has 0 aromatic heterocycles. The van der Waals surface area contributed by atoms with E-state index in [1.807, 2.05) is 39.0 Å². The van der Waals surface area contributed by atoms with E-state index in [0.29, 0.717) is 6.54 Å². The van der Waals surface area contributed by atoms with E-state index in [9.17, 15) is 4.79 Å². The van der Waals surface area contributed by atoms with Crippen LogP contribution in [0.15, 0.2) is 30.3 Å². The van der Waals surface area contributed by atoms with Crippen LogP contribution in [0.1, 0.15) is 40.2 Å². The molecule has 1 atom stereocenters. The summed E-state index contributed by atoms with van der Waals surface area (Å²) in [7, 11) is 0. The number of rotatable bonds is 5. The first-order chi connectivity index (χ1) is 8.71. The summed E-state index contributed by atoms with van der Waals surface area (Å²) in [5, 5.41) is 3.09. The van der Waals surface area contributed by atoms with Crippen LogP contribution in [0.25, 0.3) is 0 Å². The van der Waals surface area contributed by atoms with E-state index in [1.54, 1.807) is 0 Å². The number of hydrogen-bond donors (Lipinski definition) is 2. The third kappa shape index (κ3) is 3.57. The molecule has 1 aromatic rings. The second kappa shape index (κ2) is 5.74. The zero-order valence-corrected chi connectivity index (χ0v) is 12.7. The van der Waals surface area contributed by atoms with Crippen molar-refractivity contribution in [3.8, 4) is 0 Å². The number of carbonyl (C=O) groups excluding carboxylic acids is 1. The average molecular weight is 262 g/mol. The largest absolute Gasteiger partial charge is 0.352 e. The summed E-state index contributed by atoms with van der Waals surface area (Å²) in [6, 6.07) is 10.3. The number of benzene rings is 1.